The SMILES string of the molecule is N/C(=N\O)c1cccc(C(=O)Nc2cccc(Cl)c2)c1. The molecule has 0 aliphatic carbocycles. The van der Waals surface area contributed by atoms with Gasteiger partial charge in [0.25, 0.3) is 5.91 Å². The molecule has 0 fully saturated rings. The number of hydrogen-bond donors (Lipinski definition) is 3. The molecule has 2 aromatic rings. The standard InChI is InChI=1S/C14H12ClN3O2/c15-11-5-2-6-12(8-11)17-14(19)10-4-1-3-9(7-10)13(16)18-20/h1-8,20H,(H2,16,18)(H,17,19). The zero-order valence-corrected chi connectivity index (χ0v) is 11.1. The lowest BCUT2D eigenvalue weighted by Crippen LogP contribution is -2.16. The van der Waals surface area contributed by atoms with E-state index in [2.05, 4.69) is 10.5 Å². The molecule has 2 aromatic carbocycles. The highest BCUT2D eigenvalue weighted by Gasteiger charge is 2.08. The first-order valence-corrected chi connectivity index (χ1v) is 6.13. The number of halogens is 1. The second-order valence-electron chi connectivity index (χ2n) is 4.03. The number of carbonyl (C=O) groups is 1. The van der Waals surface area contributed by atoms with Crippen molar-refractivity contribution in [1.82, 2.24) is 0 Å². The number of benzene rings is 2. The van der Waals surface area contributed by atoms with Crippen molar-refractivity contribution in [1.29, 1.82) is 0 Å². The first-order chi connectivity index (χ1) is 9.60. The Morgan fingerprint density at radius 3 is 2.55 bits per heavy atom. The number of carbonyl (C=O) groups excluding carboxylic acids is 1. The summed E-state index contributed by atoms with van der Waals surface area (Å²) in [6, 6.07) is 13.3. The van der Waals surface area contributed by atoms with E-state index < -0.39 is 0 Å². The van der Waals surface area contributed by atoms with Gasteiger partial charge in [0.2, 0.25) is 0 Å². The topological polar surface area (TPSA) is 87.7 Å². The Hall–Kier alpha value is -2.53. The van der Waals surface area contributed by atoms with E-state index in [-0.39, 0.29) is 11.7 Å². The largest absolute Gasteiger partial charge is 0.409 e. The number of hydrogen-bond acceptors (Lipinski definition) is 3. The summed E-state index contributed by atoms with van der Waals surface area (Å²) in [6.45, 7) is 0. The van der Waals surface area contributed by atoms with Crippen LogP contribution in [0.25, 0.3) is 0 Å². The number of nitrogens with zero attached hydrogens (tertiary/aromatic N) is 1. The van der Waals surface area contributed by atoms with Crippen LogP contribution in [-0.4, -0.2) is 17.0 Å². The van der Waals surface area contributed by atoms with Crippen LogP contribution in [0.4, 0.5) is 5.69 Å². The highest BCUT2D eigenvalue weighted by atomic mass is 35.5. The van der Waals surface area contributed by atoms with E-state index in [1.54, 1.807) is 42.5 Å². The maximum atomic E-state index is 12.1. The normalized spacial score (nSPS) is 11.2. The number of amidine groups is 1. The lowest BCUT2D eigenvalue weighted by molar-refractivity contribution is 0.102. The Labute approximate surface area is 120 Å². The minimum Gasteiger partial charge on any atom is -0.409 e. The molecule has 0 unspecified atom stereocenters. The quantitative estimate of drug-likeness (QED) is 0.351. The summed E-state index contributed by atoms with van der Waals surface area (Å²) in [5, 5.41) is 14.8. The van der Waals surface area contributed by atoms with Gasteiger partial charge in [-0.15, -0.1) is 0 Å². The van der Waals surface area contributed by atoms with Crippen LogP contribution in [0.5, 0.6) is 0 Å². The fourth-order valence-corrected chi connectivity index (χ4v) is 1.84. The van der Waals surface area contributed by atoms with Crippen LogP contribution in [-0.2, 0) is 0 Å². The molecule has 0 heterocycles. The molecule has 102 valence electrons. The van der Waals surface area contributed by atoms with Crippen molar-refractivity contribution < 1.29 is 10.0 Å². The summed E-state index contributed by atoms with van der Waals surface area (Å²) in [5.41, 5.74) is 6.94. The lowest BCUT2D eigenvalue weighted by Gasteiger charge is -2.07. The van der Waals surface area contributed by atoms with Crippen molar-refractivity contribution >= 4 is 29.0 Å². The predicted molar refractivity (Wildman–Crippen MR) is 78.4 cm³/mol. The van der Waals surface area contributed by atoms with E-state index in [0.717, 1.165) is 0 Å². The van der Waals surface area contributed by atoms with E-state index in [1.165, 1.54) is 6.07 Å². The van der Waals surface area contributed by atoms with Gasteiger partial charge in [-0.3, -0.25) is 4.79 Å². The molecule has 0 bridgehead atoms. The number of amides is 1. The van der Waals surface area contributed by atoms with E-state index in [1.807, 2.05) is 0 Å². The zero-order valence-electron chi connectivity index (χ0n) is 10.4. The number of nitrogens with one attached hydrogen (secondary N) is 1. The van der Waals surface area contributed by atoms with Crippen molar-refractivity contribution in [2.45, 2.75) is 0 Å². The average Bonchev–Trinajstić information content (AvgIpc) is 2.46. The summed E-state index contributed by atoms with van der Waals surface area (Å²) in [7, 11) is 0. The van der Waals surface area contributed by atoms with Crippen molar-refractivity contribution in [3.05, 3.63) is 64.7 Å². The molecule has 0 aromatic heterocycles. The van der Waals surface area contributed by atoms with Crippen molar-refractivity contribution in [2.24, 2.45) is 10.9 Å². The van der Waals surface area contributed by atoms with Crippen molar-refractivity contribution in [3.63, 3.8) is 0 Å². The number of rotatable bonds is 3. The average molecular weight is 290 g/mol. The molecule has 0 saturated carbocycles. The van der Waals surface area contributed by atoms with Gasteiger partial charge < -0.3 is 16.3 Å². The zero-order chi connectivity index (χ0) is 14.5. The Morgan fingerprint density at radius 2 is 1.85 bits per heavy atom. The van der Waals surface area contributed by atoms with Crippen LogP contribution in [0.3, 0.4) is 0 Å². The van der Waals surface area contributed by atoms with Crippen LogP contribution in [0.2, 0.25) is 5.02 Å². The van der Waals surface area contributed by atoms with E-state index in [9.17, 15) is 4.79 Å². The molecule has 0 aliphatic heterocycles. The number of anilines is 1. The van der Waals surface area contributed by atoms with Gasteiger partial charge in [-0.1, -0.05) is 35.0 Å². The highest BCUT2D eigenvalue weighted by molar-refractivity contribution is 6.31. The second-order valence-corrected chi connectivity index (χ2v) is 4.47. The van der Waals surface area contributed by atoms with Gasteiger partial charge in [-0.25, -0.2) is 0 Å². The molecule has 0 saturated heterocycles. The Balaban J connectivity index is 2.21. The molecule has 1 amide bonds. The minimum atomic E-state index is -0.306. The van der Waals surface area contributed by atoms with Crippen LogP contribution in [0.15, 0.2) is 53.7 Å². The van der Waals surface area contributed by atoms with Gasteiger partial charge in [-0.2, -0.15) is 0 Å². The Morgan fingerprint density at radius 1 is 1.15 bits per heavy atom. The Bertz CT molecular complexity index is 671. The fraction of sp³-hybridized carbons (Fsp3) is 0. The molecule has 0 spiro atoms. The highest BCUT2D eigenvalue weighted by Crippen LogP contribution is 2.16. The molecule has 2 rings (SSSR count). The van der Waals surface area contributed by atoms with Gasteiger partial charge in [0, 0.05) is 21.8 Å². The number of nitrogens with two attached hydrogens (primary N) is 1. The first-order valence-electron chi connectivity index (χ1n) is 5.75. The van der Waals surface area contributed by atoms with Crippen LogP contribution >= 0.6 is 11.6 Å². The number of oxime groups is 1. The molecular weight excluding hydrogens is 278 g/mol. The molecule has 6 heteroatoms. The van der Waals surface area contributed by atoms with Crippen LogP contribution in [0, 0.1) is 0 Å². The summed E-state index contributed by atoms with van der Waals surface area (Å²) < 4.78 is 0. The molecule has 0 aliphatic rings. The molecule has 0 atom stereocenters. The molecule has 4 N–H and O–H groups in total. The first kappa shape index (κ1) is 13.9. The van der Waals surface area contributed by atoms with Crippen molar-refractivity contribution in [3.8, 4) is 0 Å². The van der Waals surface area contributed by atoms with Crippen LogP contribution in [0.1, 0.15) is 15.9 Å². The molecular formula is C14H12ClN3O2. The smallest absolute Gasteiger partial charge is 0.255 e. The Kier molecular flexibility index (Phi) is 4.22. The summed E-state index contributed by atoms with van der Waals surface area (Å²) in [5.74, 6) is -0.359. The van der Waals surface area contributed by atoms with Gasteiger partial charge in [-0.05, 0) is 30.3 Å². The minimum absolute atomic E-state index is 0.0533. The summed E-state index contributed by atoms with van der Waals surface area (Å²) >= 11 is 5.85. The van der Waals surface area contributed by atoms with E-state index in [0.29, 0.717) is 21.8 Å². The fourth-order valence-electron chi connectivity index (χ4n) is 1.65. The molecule has 5 nitrogen and oxygen atoms in total. The van der Waals surface area contributed by atoms with Gasteiger partial charge >= 0.3 is 0 Å². The molecule has 0 radical (unpaired) electrons. The van der Waals surface area contributed by atoms with E-state index in [4.69, 9.17) is 22.5 Å². The predicted octanol–water partition coefficient (Wildman–Crippen LogP) is 2.69. The van der Waals surface area contributed by atoms with Gasteiger partial charge in [0.05, 0.1) is 0 Å². The maximum absolute atomic E-state index is 12.1. The maximum Gasteiger partial charge on any atom is 0.255 e. The van der Waals surface area contributed by atoms with E-state index >= 15 is 0 Å². The van der Waals surface area contributed by atoms with Crippen LogP contribution < -0.4 is 11.1 Å². The lowest BCUT2D eigenvalue weighted by atomic mass is 10.1. The third kappa shape index (κ3) is 3.27. The summed E-state index contributed by atoms with van der Waals surface area (Å²) in [6.07, 6.45) is 0. The van der Waals surface area contributed by atoms with Gasteiger partial charge in [0.1, 0.15) is 0 Å². The second kappa shape index (κ2) is 6.08. The van der Waals surface area contributed by atoms with Crippen molar-refractivity contribution in [2.75, 3.05) is 5.32 Å². The van der Waals surface area contributed by atoms with Gasteiger partial charge in [0.15, 0.2) is 5.84 Å². The monoisotopic (exact) mass is 289 g/mol. The summed E-state index contributed by atoms with van der Waals surface area (Å²) in [4.78, 5) is 12.1. The third-order valence-electron chi connectivity index (χ3n) is 2.61. The third-order valence-corrected chi connectivity index (χ3v) is 2.85. The molecule has 20 heavy (non-hydrogen) atoms.